The third-order valence-corrected chi connectivity index (χ3v) is 4.28. The summed E-state index contributed by atoms with van der Waals surface area (Å²) < 4.78 is 6.70. The number of halogens is 1. The number of carbonyl (C=O) groups excluding carboxylic acids is 1. The van der Waals surface area contributed by atoms with Gasteiger partial charge >= 0.3 is 0 Å². The Bertz CT molecular complexity index is 515. The van der Waals surface area contributed by atoms with E-state index in [0.717, 1.165) is 35.0 Å². The second-order valence-electron chi connectivity index (χ2n) is 5.95. The molecule has 2 N–H and O–H groups in total. The zero-order chi connectivity index (χ0) is 16.1. The molecule has 0 radical (unpaired) electrons. The largest absolute Gasteiger partial charge is 0.494 e. The summed E-state index contributed by atoms with van der Waals surface area (Å²) in [5.41, 5.74) is 6.82. The molecular formula is C17H25BrN2O2. The third-order valence-electron chi connectivity index (χ3n) is 3.78. The summed E-state index contributed by atoms with van der Waals surface area (Å²) in [6.45, 7) is 5.14. The van der Waals surface area contributed by atoms with Gasteiger partial charge in [0.15, 0.2) is 0 Å². The minimum atomic E-state index is 0.0647. The van der Waals surface area contributed by atoms with E-state index >= 15 is 0 Å². The maximum Gasteiger partial charge on any atom is 0.223 e. The standard InChI is InChI=1S/C17H25BrN2O2/c1-3-22-16-8-5-14(18)10-13(16)11-20(15-6-7-15)17(21)9-4-12(2)19/h5,8,10,12,15H,3-4,6-7,9,11,19H2,1-2H3. The summed E-state index contributed by atoms with van der Waals surface area (Å²) in [5.74, 6) is 1.05. The first kappa shape index (κ1) is 17.3. The van der Waals surface area contributed by atoms with Crippen molar-refractivity contribution in [2.45, 2.75) is 58.2 Å². The van der Waals surface area contributed by atoms with Crippen LogP contribution in [0.15, 0.2) is 22.7 Å². The Morgan fingerprint density at radius 2 is 2.23 bits per heavy atom. The van der Waals surface area contributed by atoms with Gasteiger partial charge in [-0.2, -0.15) is 0 Å². The van der Waals surface area contributed by atoms with Gasteiger partial charge in [0.2, 0.25) is 5.91 Å². The van der Waals surface area contributed by atoms with E-state index in [1.54, 1.807) is 0 Å². The lowest BCUT2D eigenvalue weighted by Gasteiger charge is -2.24. The monoisotopic (exact) mass is 368 g/mol. The number of benzene rings is 1. The fourth-order valence-corrected chi connectivity index (χ4v) is 2.86. The second kappa shape index (κ2) is 7.97. The predicted molar refractivity (Wildman–Crippen MR) is 91.8 cm³/mol. The number of ether oxygens (including phenoxy) is 1. The number of carbonyl (C=O) groups is 1. The highest BCUT2D eigenvalue weighted by Gasteiger charge is 2.32. The van der Waals surface area contributed by atoms with Gasteiger partial charge in [0.1, 0.15) is 5.75 Å². The van der Waals surface area contributed by atoms with Gasteiger partial charge in [0.25, 0.3) is 0 Å². The van der Waals surface area contributed by atoms with Crippen molar-refractivity contribution in [2.24, 2.45) is 5.73 Å². The molecule has 0 aliphatic heterocycles. The molecule has 122 valence electrons. The van der Waals surface area contributed by atoms with E-state index in [-0.39, 0.29) is 11.9 Å². The van der Waals surface area contributed by atoms with Crippen LogP contribution in [0.5, 0.6) is 5.75 Å². The molecule has 22 heavy (non-hydrogen) atoms. The van der Waals surface area contributed by atoms with Crippen LogP contribution in [0, 0.1) is 0 Å². The molecule has 1 atom stereocenters. The molecule has 0 bridgehead atoms. The molecule has 0 heterocycles. The molecule has 4 nitrogen and oxygen atoms in total. The minimum absolute atomic E-state index is 0.0647. The van der Waals surface area contributed by atoms with E-state index in [0.29, 0.717) is 25.6 Å². The number of rotatable bonds is 8. The van der Waals surface area contributed by atoms with Crippen LogP contribution in [-0.2, 0) is 11.3 Å². The van der Waals surface area contributed by atoms with Crippen LogP contribution >= 0.6 is 15.9 Å². The van der Waals surface area contributed by atoms with E-state index in [1.807, 2.05) is 36.9 Å². The van der Waals surface area contributed by atoms with E-state index in [4.69, 9.17) is 10.5 Å². The summed E-state index contributed by atoms with van der Waals surface area (Å²) >= 11 is 3.50. The normalized spacial score (nSPS) is 15.5. The first-order valence-corrected chi connectivity index (χ1v) is 8.76. The molecule has 1 aliphatic carbocycles. The Morgan fingerprint density at radius 1 is 1.50 bits per heavy atom. The molecule has 1 aromatic rings. The predicted octanol–water partition coefficient (Wildman–Crippen LogP) is 3.47. The zero-order valence-corrected chi connectivity index (χ0v) is 14.9. The van der Waals surface area contributed by atoms with Crippen molar-refractivity contribution in [3.8, 4) is 5.75 Å². The Labute approximate surface area is 141 Å². The SMILES string of the molecule is CCOc1ccc(Br)cc1CN(C(=O)CCC(C)N)C1CC1. The van der Waals surface area contributed by atoms with Crippen molar-refractivity contribution in [1.82, 2.24) is 4.90 Å². The Balaban J connectivity index is 2.10. The third kappa shape index (κ3) is 4.99. The van der Waals surface area contributed by atoms with E-state index < -0.39 is 0 Å². The quantitative estimate of drug-likeness (QED) is 0.764. The molecule has 1 aromatic carbocycles. The van der Waals surface area contributed by atoms with Crippen LogP contribution in [0.3, 0.4) is 0 Å². The van der Waals surface area contributed by atoms with Crippen molar-refractivity contribution in [2.75, 3.05) is 6.61 Å². The van der Waals surface area contributed by atoms with Crippen molar-refractivity contribution >= 4 is 21.8 Å². The van der Waals surface area contributed by atoms with Gasteiger partial charge in [-0.05, 0) is 51.3 Å². The number of hydrogen-bond acceptors (Lipinski definition) is 3. The first-order chi connectivity index (χ1) is 10.5. The lowest BCUT2D eigenvalue weighted by atomic mass is 10.1. The molecule has 1 fully saturated rings. The fraction of sp³-hybridized carbons (Fsp3) is 0.588. The van der Waals surface area contributed by atoms with E-state index in [9.17, 15) is 4.79 Å². The lowest BCUT2D eigenvalue weighted by Crippen LogP contribution is -2.33. The summed E-state index contributed by atoms with van der Waals surface area (Å²) in [7, 11) is 0. The average molecular weight is 369 g/mol. The Kier molecular flexibility index (Phi) is 6.26. The minimum Gasteiger partial charge on any atom is -0.494 e. The van der Waals surface area contributed by atoms with Gasteiger partial charge in [-0.25, -0.2) is 0 Å². The highest BCUT2D eigenvalue weighted by molar-refractivity contribution is 9.10. The van der Waals surface area contributed by atoms with Gasteiger partial charge < -0.3 is 15.4 Å². The van der Waals surface area contributed by atoms with Crippen LogP contribution in [0.4, 0.5) is 0 Å². The molecule has 1 unspecified atom stereocenters. The maximum atomic E-state index is 12.5. The summed E-state index contributed by atoms with van der Waals surface area (Å²) in [4.78, 5) is 14.5. The van der Waals surface area contributed by atoms with E-state index in [2.05, 4.69) is 15.9 Å². The summed E-state index contributed by atoms with van der Waals surface area (Å²) in [6.07, 6.45) is 3.45. The summed E-state index contributed by atoms with van der Waals surface area (Å²) in [5, 5.41) is 0. The number of nitrogens with two attached hydrogens (primary N) is 1. The highest BCUT2D eigenvalue weighted by atomic mass is 79.9. The molecular weight excluding hydrogens is 344 g/mol. The highest BCUT2D eigenvalue weighted by Crippen LogP contribution is 2.32. The average Bonchev–Trinajstić information content (AvgIpc) is 3.29. The van der Waals surface area contributed by atoms with Crippen molar-refractivity contribution in [1.29, 1.82) is 0 Å². The smallest absolute Gasteiger partial charge is 0.223 e. The van der Waals surface area contributed by atoms with Crippen molar-refractivity contribution < 1.29 is 9.53 Å². The summed E-state index contributed by atoms with van der Waals surface area (Å²) in [6, 6.07) is 6.41. The van der Waals surface area contributed by atoms with Crippen molar-refractivity contribution in [3.05, 3.63) is 28.2 Å². The Hall–Kier alpha value is -1.07. The van der Waals surface area contributed by atoms with E-state index in [1.165, 1.54) is 0 Å². The van der Waals surface area contributed by atoms with Gasteiger partial charge in [0, 0.05) is 35.1 Å². The van der Waals surface area contributed by atoms with Gasteiger partial charge in [-0.1, -0.05) is 15.9 Å². The number of amides is 1. The van der Waals surface area contributed by atoms with Gasteiger partial charge in [-0.15, -0.1) is 0 Å². The van der Waals surface area contributed by atoms with Crippen LogP contribution in [0.25, 0.3) is 0 Å². The van der Waals surface area contributed by atoms with Crippen LogP contribution in [0.1, 0.15) is 45.1 Å². The number of hydrogen-bond donors (Lipinski definition) is 1. The number of nitrogens with zero attached hydrogens (tertiary/aromatic N) is 1. The van der Waals surface area contributed by atoms with Crippen molar-refractivity contribution in [3.63, 3.8) is 0 Å². The lowest BCUT2D eigenvalue weighted by molar-refractivity contribution is -0.132. The molecule has 0 aromatic heterocycles. The molecule has 0 saturated heterocycles. The van der Waals surface area contributed by atoms with Crippen LogP contribution in [-0.4, -0.2) is 29.5 Å². The second-order valence-corrected chi connectivity index (χ2v) is 6.87. The van der Waals surface area contributed by atoms with Gasteiger partial charge in [-0.3, -0.25) is 4.79 Å². The molecule has 1 aliphatic rings. The molecule has 2 rings (SSSR count). The molecule has 1 saturated carbocycles. The van der Waals surface area contributed by atoms with Crippen LogP contribution < -0.4 is 10.5 Å². The maximum absolute atomic E-state index is 12.5. The molecule has 1 amide bonds. The van der Waals surface area contributed by atoms with Gasteiger partial charge in [0.05, 0.1) is 6.61 Å². The Morgan fingerprint density at radius 3 is 2.82 bits per heavy atom. The topological polar surface area (TPSA) is 55.6 Å². The molecule has 0 spiro atoms. The zero-order valence-electron chi connectivity index (χ0n) is 13.3. The fourth-order valence-electron chi connectivity index (χ4n) is 2.45. The molecule has 5 heteroatoms. The first-order valence-electron chi connectivity index (χ1n) is 7.97. The van der Waals surface area contributed by atoms with Crippen LogP contribution in [0.2, 0.25) is 0 Å².